The van der Waals surface area contributed by atoms with Gasteiger partial charge in [-0.3, -0.25) is 4.79 Å². The SMILES string of the molecule is NCCCCNC(=O)CCCn1cnc2c(N)ncnc21. The minimum Gasteiger partial charge on any atom is -0.382 e. The van der Waals surface area contributed by atoms with Crippen LogP contribution in [-0.2, 0) is 11.3 Å². The number of fused-ring (bicyclic) bond motifs is 1. The molecule has 0 aromatic carbocycles. The highest BCUT2D eigenvalue weighted by Gasteiger charge is 2.08. The molecular formula is C13H21N7O. The Labute approximate surface area is 123 Å². The summed E-state index contributed by atoms with van der Waals surface area (Å²) in [6.45, 7) is 2.02. The molecule has 2 rings (SSSR count). The number of unbranched alkanes of at least 4 members (excludes halogenated alkanes) is 1. The van der Waals surface area contributed by atoms with Gasteiger partial charge in [-0.2, -0.15) is 0 Å². The van der Waals surface area contributed by atoms with Crippen LogP contribution in [0.5, 0.6) is 0 Å². The quantitative estimate of drug-likeness (QED) is 0.590. The molecule has 5 N–H and O–H groups in total. The summed E-state index contributed by atoms with van der Waals surface area (Å²) in [5, 5.41) is 2.88. The number of anilines is 1. The summed E-state index contributed by atoms with van der Waals surface area (Å²) in [6.07, 6.45) is 6.14. The van der Waals surface area contributed by atoms with Crippen molar-refractivity contribution in [3.05, 3.63) is 12.7 Å². The summed E-state index contributed by atoms with van der Waals surface area (Å²) < 4.78 is 1.88. The number of carbonyl (C=O) groups is 1. The fraction of sp³-hybridized carbons (Fsp3) is 0.538. The Morgan fingerprint density at radius 3 is 2.90 bits per heavy atom. The summed E-state index contributed by atoms with van der Waals surface area (Å²) in [4.78, 5) is 23.9. The van der Waals surface area contributed by atoms with Crippen LogP contribution in [0.3, 0.4) is 0 Å². The number of nitrogens with two attached hydrogens (primary N) is 2. The second-order valence-corrected chi connectivity index (χ2v) is 4.82. The molecule has 8 heteroatoms. The smallest absolute Gasteiger partial charge is 0.220 e. The third-order valence-corrected chi connectivity index (χ3v) is 3.19. The lowest BCUT2D eigenvalue weighted by molar-refractivity contribution is -0.121. The van der Waals surface area contributed by atoms with Crippen molar-refractivity contribution in [2.75, 3.05) is 18.8 Å². The van der Waals surface area contributed by atoms with Gasteiger partial charge in [-0.1, -0.05) is 0 Å². The summed E-state index contributed by atoms with van der Waals surface area (Å²) in [5.74, 6) is 0.432. The maximum absolute atomic E-state index is 11.6. The van der Waals surface area contributed by atoms with E-state index in [4.69, 9.17) is 11.5 Å². The fourth-order valence-electron chi connectivity index (χ4n) is 2.06. The normalized spacial score (nSPS) is 10.9. The topological polar surface area (TPSA) is 125 Å². The van der Waals surface area contributed by atoms with Crippen LogP contribution in [-0.4, -0.2) is 38.5 Å². The number of amides is 1. The van der Waals surface area contributed by atoms with Crippen LogP contribution in [0.15, 0.2) is 12.7 Å². The predicted molar refractivity (Wildman–Crippen MR) is 80.3 cm³/mol. The predicted octanol–water partition coefficient (Wildman–Crippen LogP) is 0.0438. The third-order valence-electron chi connectivity index (χ3n) is 3.19. The first-order chi connectivity index (χ1) is 10.2. The molecule has 0 atom stereocenters. The van der Waals surface area contributed by atoms with Gasteiger partial charge in [0.15, 0.2) is 11.5 Å². The lowest BCUT2D eigenvalue weighted by Crippen LogP contribution is -2.24. The minimum atomic E-state index is 0.0607. The molecule has 0 radical (unpaired) electrons. The van der Waals surface area contributed by atoms with Gasteiger partial charge in [-0.15, -0.1) is 0 Å². The summed E-state index contributed by atoms with van der Waals surface area (Å²) >= 11 is 0. The monoisotopic (exact) mass is 291 g/mol. The van der Waals surface area contributed by atoms with Crippen LogP contribution >= 0.6 is 0 Å². The van der Waals surface area contributed by atoms with Gasteiger partial charge in [0.25, 0.3) is 0 Å². The van der Waals surface area contributed by atoms with Crippen molar-refractivity contribution in [1.82, 2.24) is 24.8 Å². The maximum Gasteiger partial charge on any atom is 0.220 e. The highest BCUT2D eigenvalue weighted by molar-refractivity contribution is 5.81. The standard InChI is InChI=1S/C13H21N7O/c14-5-1-2-6-16-10(21)4-3-7-20-9-19-11-12(15)17-8-18-13(11)20/h8-9H,1-7,14H2,(H,16,21)(H2,15,17,18). The number of rotatable bonds is 8. The molecule has 2 aromatic heterocycles. The molecule has 0 bridgehead atoms. The van der Waals surface area contributed by atoms with E-state index >= 15 is 0 Å². The van der Waals surface area contributed by atoms with Gasteiger partial charge in [0.05, 0.1) is 6.33 Å². The van der Waals surface area contributed by atoms with Gasteiger partial charge < -0.3 is 21.4 Å². The second-order valence-electron chi connectivity index (χ2n) is 4.82. The van der Waals surface area contributed by atoms with E-state index in [-0.39, 0.29) is 5.91 Å². The molecule has 0 saturated carbocycles. The van der Waals surface area contributed by atoms with E-state index in [9.17, 15) is 4.79 Å². The molecular weight excluding hydrogens is 270 g/mol. The Kier molecular flexibility index (Phi) is 5.44. The number of nitrogen functional groups attached to an aromatic ring is 1. The number of nitrogens with zero attached hydrogens (tertiary/aromatic N) is 4. The van der Waals surface area contributed by atoms with Gasteiger partial charge >= 0.3 is 0 Å². The molecule has 2 aromatic rings. The van der Waals surface area contributed by atoms with E-state index in [0.29, 0.717) is 43.0 Å². The maximum atomic E-state index is 11.6. The lowest BCUT2D eigenvalue weighted by atomic mass is 10.2. The average Bonchev–Trinajstić information content (AvgIpc) is 2.89. The number of hydrogen-bond acceptors (Lipinski definition) is 6. The zero-order valence-corrected chi connectivity index (χ0v) is 12.0. The zero-order chi connectivity index (χ0) is 15.1. The van der Waals surface area contributed by atoms with Crippen LogP contribution in [0.4, 0.5) is 5.82 Å². The zero-order valence-electron chi connectivity index (χ0n) is 12.0. The van der Waals surface area contributed by atoms with Crippen molar-refractivity contribution in [2.45, 2.75) is 32.2 Å². The van der Waals surface area contributed by atoms with Crippen LogP contribution in [0.1, 0.15) is 25.7 Å². The van der Waals surface area contributed by atoms with Crippen molar-refractivity contribution in [3.8, 4) is 0 Å². The number of carbonyl (C=O) groups excluding carboxylic acids is 1. The van der Waals surface area contributed by atoms with Crippen molar-refractivity contribution in [1.29, 1.82) is 0 Å². The molecule has 21 heavy (non-hydrogen) atoms. The Morgan fingerprint density at radius 2 is 2.10 bits per heavy atom. The van der Waals surface area contributed by atoms with Gasteiger partial charge in [-0.25, -0.2) is 15.0 Å². The van der Waals surface area contributed by atoms with E-state index in [2.05, 4.69) is 20.3 Å². The highest BCUT2D eigenvalue weighted by Crippen LogP contribution is 2.14. The molecule has 0 unspecified atom stereocenters. The van der Waals surface area contributed by atoms with E-state index in [0.717, 1.165) is 19.3 Å². The van der Waals surface area contributed by atoms with E-state index in [1.807, 2.05) is 4.57 Å². The molecule has 0 aliphatic heterocycles. The lowest BCUT2D eigenvalue weighted by Gasteiger charge is -2.05. The molecule has 8 nitrogen and oxygen atoms in total. The molecule has 1 amide bonds. The van der Waals surface area contributed by atoms with Crippen LogP contribution in [0.2, 0.25) is 0 Å². The van der Waals surface area contributed by atoms with Gasteiger partial charge in [0.1, 0.15) is 11.8 Å². The Morgan fingerprint density at radius 1 is 1.24 bits per heavy atom. The number of nitrogens with one attached hydrogen (secondary N) is 1. The number of aryl methyl sites for hydroxylation is 1. The van der Waals surface area contributed by atoms with Crippen molar-refractivity contribution < 1.29 is 4.79 Å². The Bertz CT molecular complexity index is 595. The van der Waals surface area contributed by atoms with Crippen LogP contribution < -0.4 is 16.8 Å². The molecule has 0 aliphatic rings. The molecule has 0 spiro atoms. The second kappa shape index (κ2) is 7.53. The highest BCUT2D eigenvalue weighted by atomic mass is 16.1. The average molecular weight is 291 g/mol. The first-order valence-electron chi connectivity index (χ1n) is 7.10. The number of aromatic nitrogens is 4. The van der Waals surface area contributed by atoms with E-state index in [1.54, 1.807) is 6.33 Å². The van der Waals surface area contributed by atoms with Gasteiger partial charge in [0, 0.05) is 19.5 Å². The van der Waals surface area contributed by atoms with E-state index in [1.165, 1.54) is 6.33 Å². The first kappa shape index (κ1) is 15.2. The van der Waals surface area contributed by atoms with E-state index < -0.39 is 0 Å². The Hall–Kier alpha value is -2.22. The largest absolute Gasteiger partial charge is 0.382 e. The van der Waals surface area contributed by atoms with Gasteiger partial charge in [-0.05, 0) is 25.8 Å². The van der Waals surface area contributed by atoms with Crippen LogP contribution in [0.25, 0.3) is 11.2 Å². The molecule has 0 fully saturated rings. The summed E-state index contributed by atoms with van der Waals surface area (Å²) in [5.41, 5.74) is 12.4. The van der Waals surface area contributed by atoms with Crippen molar-refractivity contribution in [2.24, 2.45) is 5.73 Å². The molecule has 2 heterocycles. The number of imidazole rings is 1. The molecule has 0 saturated heterocycles. The van der Waals surface area contributed by atoms with Crippen molar-refractivity contribution >= 4 is 22.9 Å². The number of hydrogen-bond donors (Lipinski definition) is 3. The van der Waals surface area contributed by atoms with Crippen molar-refractivity contribution in [3.63, 3.8) is 0 Å². The first-order valence-corrected chi connectivity index (χ1v) is 7.10. The summed E-state index contributed by atoms with van der Waals surface area (Å²) in [7, 11) is 0. The molecule has 114 valence electrons. The Balaban J connectivity index is 1.77. The summed E-state index contributed by atoms with van der Waals surface area (Å²) in [6, 6.07) is 0. The third kappa shape index (κ3) is 4.12. The van der Waals surface area contributed by atoms with Crippen LogP contribution in [0, 0.1) is 0 Å². The fourth-order valence-corrected chi connectivity index (χ4v) is 2.06. The molecule has 0 aliphatic carbocycles. The van der Waals surface area contributed by atoms with Gasteiger partial charge in [0.2, 0.25) is 5.91 Å². The minimum absolute atomic E-state index is 0.0607.